The van der Waals surface area contributed by atoms with Crippen molar-refractivity contribution < 1.29 is 8.42 Å². The van der Waals surface area contributed by atoms with Gasteiger partial charge >= 0.3 is 0 Å². The second-order valence-corrected chi connectivity index (χ2v) is 8.91. The van der Waals surface area contributed by atoms with Crippen LogP contribution in [0.1, 0.15) is 50.3 Å². The molecule has 3 rings (SSSR count). The van der Waals surface area contributed by atoms with E-state index >= 15 is 0 Å². The van der Waals surface area contributed by atoms with Crippen LogP contribution in [0.3, 0.4) is 0 Å². The van der Waals surface area contributed by atoms with Crippen LogP contribution in [0.15, 0.2) is 47.5 Å². The van der Waals surface area contributed by atoms with E-state index in [4.69, 9.17) is 0 Å². The van der Waals surface area contributed by atoms with E-state index in [2.05, 4.69) is 24.1 Å². The highest BCUT2D eigenvalue weighted by molar-refractivity contribution is 7.89. The van der Waals surface area contributed by atoms with Crippen LogP contribution in [-0.4, -0.2) is 30.3 Å². The van der Waals surface area contributed by atoms with Gasteiger partial charge in [-0.25, -0.2) is 13.4 Å². The summed E-state index contributed by atoms with van der Waals surface area (Å²) >= 11 is 0. The maximum Gasteiger partial charge on any atom is 0.243 e. The molecule has 0 saturated carbocycles. The van der Waals surface area contributed by atoms with Gasteiger partial charge in [0.15, 0.2) is 0 Å². The van der Waals surface area contributed by atoms with Crippen molar-refractivity contribution in [3.05, 3.63) is 53.7 Å². The summed E-state index contributed by atoms with van der Waals surface area (Å²) in [6.07, 6.45) is 4.51. The normalized spacial score (nSPS) is 19.4. The lowest BCUT2D eigenvalue weighted by Crippen LogP contribution is -2.30. The van der Waals surface area contributed by atoms with Crippen LogP contribution in [0.25, 0.3) is 0 Å². The number of aromatic nitrogens is 1. The molecule has 2 aromatic rings. The third-order valence-electron chi connectivity index (χ3n) is 5.01. The predicted octanol–water partition coefficient (Wildman–Crippen LogP) is 4.13. The number of nitrogens with zero attached hydrogens (tertiary/aromatic N) is 2. The van der Waals surface area contributed by atoms with E-state index in [-0.39, 0.29) is 6.04 Å². The molecular formula is C20H27N3O2S. The molecule has 5 nitrogen and oxygen atoms in total. The summed E-state index contributed by atoms with van der Waals surface area (Å²) in [4.78, 5) is 4.84. The van der Waals surface area contributed by atoms with E-state index < -0.39 is 10.0 Å². The van der Waals surface area contributed by atoms with Gasteiger partial charge in [0.1, 0.15) is 5.82 Å². The van der Waals surface area contributed by atoms with Gasteiger partial charge < -0.3 is 5.32 Å². The van der Waals surface area contributed by atoms with Crippen LogP contribution in [-0.2, 0) is 10.0 Å². The molecule has 1 aliphatic rings. The Hall–Kier alpha value is -1.92. The zero-order valence-corrected chi connectivity index (χ0v) is 16.5. The molecule has 1 aliphatic heterocycles. The van der Waals surface area contributed by atoms with E-state index in [1.807, 2.05) is 31.2 Å². The molecule has 1 fully saturated rings. The van der Waals surface area contributed by atoms with Crippen LogP contribution in [0.4, 0.5) is 5.82 Å². The molecule has 26 heavy (non-hydrogen) atoms. The first kappa shape index (κ1) is 18.9. The average molecular weight is 374 g/mol. The molecule has 0 amide bonds. The first-order valence-corrected chi connectivity index (χ1v) is 10.7. The van der Waals surface area contributed by atoms with Gasteiger partial charge in [-0.3, -0.25) is 0 Å². The number of anilines is 1. The molecule has 0 radical (unpaired) electrons. The lowest BCUT2D eigenvalue weighted by atomic mass is 10.1. The van der Waals surface area contributed by atoms with Crippen molar-refractivity contribution >= 4 is 15.8 Å². The topological polar surface area (TPSA) is 62.3 Å². The van der Waals surface area contributed by atoms with Crippen molar-refractivity contribution in [2.75, 3.05) is 11.9 Å². The van der Waals surface area contributed by atoms with E-state index in [0.29, 0.717) is 17.5 Å². The fraction of sp³-hybridized carbons (Fsp3) is 0.450. The first-order valence-electron chi connectivity index (χ1n) is 9.23. The van der Waals surface area contributed by atoms with Gasteiger partial charge in [-0.05, 0) is 56.9 Å². The quantitative estimate of drug-likeness (QED) is 0.827. The Morgan fingerprint density at radius 2 is 1.96 bits per heavy atom. The third kappa shape index (κ3) is 3.91. The van der Waals surface area contributed by atoms with Crippen LogP contribution in [0.2, 0.25) is 0 Å². The van der Waals surface area contributed by atoms with Gasteiger partial charge in [-0.2, -0.15) is 4.31 Å². The number of aryl methyl sites for hydroxylation is 1. The summed E-state index contributed by atoms with van der Waals surface area (Å²) < 4.78 is 27.8. The molecular weight excluding hydrogens is 346 g/mol. The number of pyridine rings is 1. The Morgan fingerprint density at radius 3 is 2.58 bits per heavy atom. The monoisotopic (exact) mass is 373 g/mol. The van der Waals surface area contributed by atoms with E-state index in [1.165, 1.54) is 0 Å². The van der Waals surface area contributed by atoms with E-state index in [1.54, 1.807) is 22.6 Å². The highest BCUT2D eigenvalue weighted by atomic mass is 32.2. The summed E-state index contributed by atoms with van der Waals surface area (Å²) in [5.74, 6) is 0.828. The molecule has 0 spiro atoms. The average Bonchev–Trinajstić information content (AvgIpc) is 3.13. The van der Waals surface area contributed by atoms with Crippen molar-refractivity contribution in [2.24, 2.45) is 0 Å². The highest BCUT2D eigenvalue weighted by Gasteiger charge is 2.36. The fourth-order valence-corrected chi connectivity index (χ4v) is 4.93. The molecule has 1 saturated heterocycles. The molecule has 1 N–H and O–H groups in total. The minimum atomic E-state index is -3.50. The van der Waals surface area contributed by atoms with Crippen LogP contribution in [0.5, 0.6) is 0 Å². The molecule has 1 aromatic heterocycles. The van der Waals surface area contributed by atoms with Crippen molar-refractivity contribution in [1.29, 1.82) is 0 Å². The van der Waals surface area contributed by atoms with Crippen LogP contribution in [0, 0.1) is 6.92 Å². The summed E-state index contributed by atoms with van der Waals surface area (Å²) in [6, 6.07) is 11.2. The van der Waals surface area contributed by atoms with Gasteiger partial charge in [0.05, 0.1) is 10.9 Å². The molecule has 2 heterocycles. The van der Waals surface area contributed by atoms with Gasteiger partial charge in [-0.1, -0.05) is 30.7 Å². The second kappa shape index (κ2) is 7.76. The highest BCUT2D eigenvalue weighted by Crippen LogP contribution is 2.36. The number of nitrogens with one attached hydrogen (secondary N) is 1. The molecule has 2 atom stereocenters. The smallest absolute Gasteiger partial charge is 0.243 e. The number of rotatable bonds is 6. The molecule has 6 heteroatoms. The number of hydrogen-bond acceptors (Lipinski definition) is 4. The first-order chi connectivity index (χ1) is 12.4. The Bertz CT molecular complexity index is 832. The zero-order valence-electron chi connectivity index (χ0n) is 15.6. The molecule has 1 aromatic carbocycles. The third-order valence-corrected chi connectivity index (χ3v) is 6.93. The lowest BCUT2D eigenvalue weighted by molar-refractivity contribution is 0.396. The minimum absolute atomic E-state index is 0.147. The number of hydrogen-bond donors (Lipinski definition) is 1. The van der Waals surface area contributed by atoms with Gasteiger partial charge in [0, 0.05) is 18.8 Å². The Kier molecular flexibility index (Phi) is 5.63. The second-order valence-electron chi connectivity index (χ2n) is 7.02. The number of sulfonamides is 1. The minimum Gasteiger partial charge on any atom is -0.368 e. The van der Waals surface area contributed by atoms with Crippen molar-refractivity contribution in [3.63, 3.8) is 0 Å². The van der Waals surface area contributed by atoms with Crippen molar-refractivity contribution in [2.45, 2.75) is 57.0 Å². The molecule has 140 valence electrons. The van der Waals surface area contributed by atoms with Crippen molar-refractivity contribution in [1.82, 2.24) is 9.29 Å². The zero-order chi connectivity index (χ0) is 18.7. The van der Waals surface area contributed by atoms with Crippen LogP contribution < -0.4 is 5.32 Å². The maximum atomic E-state index is 13.1. The standard InChI is InChI=1S/C20H27N3O2S/c1-4-16(3)22-20-12-9-17(14-21-20)19-6-5-13-23(19)26(24,25)18-10-7-15(2)8-11-18/h7-12,14,16,19H,4-6,13H2,1-3H3,(H,21,22)/t16-,19+/m1/s1. The molecule has 0 bridgehead atoms. The largest absolute Gasteiger partial charge is 0.368 e. The maximum absolute atomic E-state index is 13.1. The van der Waals surface area contributed by atoms with Gasteiger partial charge in [0.2, 0.25) is 10.0 Å². The van der Waals surface area contributed by atoms with Gasteiger partial charge in [-0.15, -0.1) is 0 Å². The van der Waals surface area contributed by atoms with Gasteiger partial charge in [0.25, 0.3) is 0 Å². The summed E-state index contributed by atoms with van der Waals surface area (Å²) in [5.41, 5.74) is 2.00. The van der Waals surface area contributed by atoms with E-state index in [9.17, 15) is 8.42 Å². The molecule has 0 unspecified atom stereocenters. The Morgan fingerprint density at radius 1 is 1.23 bits per heavy atom. The molecule has 0 aliphatic carbocycles. The lowest BCUT2D eigenvalue weighted by Gasteiger charge is -2.24. The summed E-state index contributed by atoms with van der Waals surface area (Å²) in [7, 11) is -3.50. The van der Waals surface area contributed by atoms with Crippen LogP contribution >= 0.6 is 0 Å². The predicted molar refractivity (Wildman–Crippen MR) is 105 cm³/mol. The number of benzene rings is 1. The Balaban J connectivity index is 1.82. The van der Waals surface area contributed by atoms with Crippen molar-refractivity contribution in [3.8, 4) is 0 Å². The summed E-state index contributed by atoms with van der Waals surface area (Å²) in [5, 5.41) is 3.34. The Labute approximate surface area is 156 Å². The summed E-state index contributed by atoms with van der Waals surface area (Å²) in [6.45, 7) is 6.74. The SMILES string of the molecule is CC[C@@H](C)Nc1ccc([C@@H]2CCCN2S(=O)(=O)c2ccc(C)cc2)cn1. The van der Waals surface area contributed by atoms with E-state index in [0.717, 1.165) is 36.2 Å². The fourth-order valence-electron chi connectivity index (χ4n) is 3.25.